The fourth-order valence-corrected chi connectivity index (χ4v) is 2.65. The Morgan fingerprint density at radius 3 is 2.42 bits per heavy atom. The van der Waals surface area contributed by atoms with Gasteiger partial charge in [0, 0.05) is 18.8 Å². The maximum Gasteiger partial charge on any atom is 0.338 e. The first-order chi connectivity index (χ1) is 12.4. The number of esters is 1. The predicted molar refractivity (Wildman–Crippen MR) is 92.2 cm³/mol. The van der Waals surface area contributed by atoms with Crippen molar-refractivity contribution in [3.63, 3.8) is 0 Å². The molecule has 2 rings (SSSR count). The smallest absolute Gasteiger partial charge is 0.338 e. The Hall–Kier alpha value is -2.92. The zero-order valence-corrected chi connectivity index (χ0v) is 14.7. The van der Waals surface area contributed by atoms with E-state index in [0.29, 0.717) is 18.8 Å². The van der Waals surface area contributed by atoms with Crippen LogP contribution >= 0.6 is 0 Å². The lowest BCUT2D eigenvalue weighted by atomic mass is 10.2. The Labute approximate surface area is 151 Å². The van der Waals surface area contributed by atoms with Crippen LogP contribution in [0.5, 0.6) is 0 Å². The van der Waals surface area contributed by atoms with Crippen molar-refractivity contribution in [2.75, 3.05) is 25.0 Å². The molecule has 8 heteroatoms. The summed E-state index contributed by atoms with van der Waals surface area (Å²) in [6, 6.07) is 7.76. The zero-order valence-electron chi connectivity index (χ0n) is 14.7. The van der Waals surface area contributed by atoms with Gasteiger partial charge < -0.3 is 19.7 Å². The van der Waals surface area contributed by atoms with Crippen molar-refractivity contribution in [3.05, 3.63) is 29.8 Å². The highest BCUT2D eigenvalue weighted by Gasteiger charge is 2.26. The normalized spacial score (nSPS) is 19.3. The van der Waals surface area contributed by atoms with Crippen molar-refractivity contribution >= 4 is 23.5 Å². The van der Waals surface area contributed by atoms with E-state index in [0.717, 1.165) is 0 Å². The van der Waals surface area contributed by atoms with E-state index in [1.54, 1.807) is 11.0 Å². The van der Waals surface area contributed by atoms with Gasteiger partial charge in [0.25, 0.3) is 5.91 Å². The molecule has 8 nitrogen and oxygen atoms in total. The molecule has 1 saturated heterocycles. The molecule has 1 aliphatic heterocycles. The lowest BCUT2D eigenvalue weighted by Gasteiger charge is -2.35. The Kier molecular flexibility index (Phi) is 6.69. The summed E-state index contributed by atoms with van der Waals surface area (Å²) in [6.07, 6.45) is -0.352. The molecule has 2 atom stereocenters. The molecule has 0 spiro atoms. The number of amides is 2. The van der Waals surface area contributed by atoms with Crippen LogP contribution in [0.15, 0.2) is 24.3 Å². The van der Waals surface area contributed by atoms with Gasteiger partial charge in [-0.1, -0.05) is 0 Å². The van der Waals surface area contributed by atoms with Gasteiger partial charge in [0.2, 0.25) is 5.91 Å². The van der Waals surface area contributed by atoms with E-state index in [1.165, 1.54) is 24.3 Å². The highest BCUT2D eigenvalue weighted by Crippen LogP contribution is 2.13. The number of rotatable bonds is 5. The molecule has 0 radical (unpaired) electrons. The SMILES string of the molecule is C[C@@H]1CN(C(=O)COC(=O)c2ccc(NC(=O)CC#N)cc2)C[C@@H](C)O1. The molecule has 1 aromatic carbocycles. The van der Waals surface area contributed by atoms with E-state index >= 15 is 0 Å². The van der Waals surface area contributed by atoms with Crippen molar-refractivity contribution in [1.29, 1.82) is 5.26 Å². The summed E-state index contributed by atoms with van der Waals surface area (Å²) < 4.78 is 10.6. The Bertz CT molecular complexity index is 701. The molecule has 0 aliphatic carbocycles. The van der Waals surface area contributed by atoms with E-state index in [1.807, 2.05) is 13.8 Å². The van der Waals surface area contributed by atoms with Crippen LogP contribution in [0.2, 0.25) is 0 Å². The van der Waals surface area contributed by atoms with Crippen molar-refractivity contribution in [1.82, 2.24) is 4.90 Å². The van der Waals surface area contributed by atoms with Gasteiger partial charge in [-0.05, 0) is 38.1 Å². The fourth-order valence-electron chi connectivity index (χ4n) is 2.65. The maximum atomic E-state index is 12.2. The number of nitrogens with one attached hydrogen (secondary N) is 1. The second-order valence-corrected chi connectivity index (χ2v) is 6.09. The number of hydrogen-bond donors (Lipinski definition) is 1. The topological polar surface area (TPSA) is 109 Å². The predicted octanol–water partition coefficient (Wildman–Crippen LogP) is 1.33. The van der Waals surface area contributed by atoms with E-state index in [2.05, 4.69) is 5.32 Å². The van der Waals surface area contributed by atoms with Crippen LogP contribution in [0, 0.1) is 11.3 Å². The summed E-state index contributed by atoms with van der Waals surface area (Å²) in [5, 5.41) is 11.0. The van der Waals surface area contributed by atoms with Crippen LogP contribution in [0.25, 0.3) is 0 Å². The molecule has 0 saturated carbocycles. The quantitative estimate of drug-likeness (QED) is 0.795. The van der Waals surface area contributed by atoms with E-state index in [9.17, 15) is 14.4 Å². The summed E-state index contributed by atoms with van der Waals surface area (Å²) in [5.41, 5.74) is 0.731. The number of hydrogen-bond acceptors (Lipinski definition) is 6. The molecule has 2 amide bonds. The number of carbonyl (C=O) groups is 3. The molecule has 1 N–H and O–H groups in total. The molecule has 0 unspecified atom stereocenters. The molecule has 26 heavy (non-hydrogen) atoms. The van der Waals surface area contributed by atoms with Crippen molar-refractivity contribution in [3.8, 4) is 6.07 Å². The van der Waals surface area contributed by atoms with Crippen LogP contribution < -0.4 is 5.32 Å². The Morgan fingerprint density at radius 1 is 1.23 bits per heavy atom. The first-order valence-electron chi connectivity index (χ1n) is 8.26. The Balaban J connectivity index is 1.85. The largest absolute Gasteiger partial charge is 0.452 e. The van der Waals surface area contributed by atoms with E-state index < -0.39 is 11.9 Å². The molecular formula is C18H21N3O5. The molecule has 138 valence electrons. The number of nitriles is 1. The van der Waals surface area contributed by atoms with Crippen LogP contribution in [0.3, 0.4) is 0 Å². The lowest BCUT2D eigenvalue weighted by molar-refractivity contribution is -0.146. The van der Waals surface area contributed by atoms with Crippen molar-refractivity contribution < 1.29 is 23.9 Å². The molecule has 1 aromatic rings. The van der Waals surface area contributed by atoms with Crippen molar-refractivity contribution in [2.45, 2.75) is 32.5 Å². The van der Waals surface area contributed by atoms with Gasteiger partial charge in [-0.15, -0.1) is 0 Å². The maximum absolute atomic E-state index is 12.2. The van der Waals surface area contributed by atoms with Gasteiger partial charge >= 0.3 is 5.97 Å². The third-order valence-electron chi connectivity index (χ3n) is 3.74. The average Bonchev–Trinajstić information content (AvgIpc) is 2.59. The summed E-state index contributed by atoms with van der Waals surface area (Å²) in [5.74, 6) is -1.31. The molecule has 0 aromatic heterocycles. The number of carbonyl (C=O) groups excluding carboxylic acids is 3. The fraction of sp³-hybridized carbons (Fsp3) is 0.444. The summed E-state index contributed by atoms with van der Waals surface area (Å²) in [6.45, 7) is 4.38. The van der Waals surface area contributed by atoms with Gasteiger partial charge in [0.1, 0.15) is 6.42 Å². The first-order valence-corrected chi connectivity index (χ1v) is 8.26. The number of morpholine rings is 1. The highest BCUT2D eigenvalue weighted by molar-refractivity contribution is 5.94. The van der Waals surface area contributed by atoms with Gasteiger partial charge in [0.15, 0.2) is 6.61 Å². The third-order valence-corrected chi connectivity index (χ3v) is 3.74. The van der Waals surface area contributed by atoms with Crippen LogP contribution in [0.1, 0.15) is 30.6 Å². The van der Waals surface area contributed by atoms with E-state index in [4.69, 9.17) is 14.7 Å². The summed E-state index contributed by atoms with van der Waals surface area (Å²) >= 11 is 0. The molecule has 0 bridgehead atoms. The average molecular weight is 359 g/mol. The van der Waals surface area contributed by atoms with Crippen molar-refractivity contribution in [2.24, 2.45) is 0 Å². The van der Waals surface area contributed by atoms with Gasteiger partial charge in [-0.3, -0.25) is 9.59 Å². The first kappa shape index (κ1) is 19.4. The minimum absolute atomic E-state index is 0.0535. The molecule has 1 heterocycles. The van der Waals surface area contributed by atoms with Crippen LogP contribution in [0.4, 0.5) is 5.69 Å². The molecule has 1 aliphatic rings. The summed E-state index contributed by atoms with van der Waals surface area (Å²) in [7, 11) is 0. The lowest BCUT2D eigenvalue weighted by Crippen LogP contribution is -2.49. The number of ether oxygens (including phenoxy) is 2. The van der Waals surface area contributed by atoms with E-state index in [-0.39, 0.29) is 36.7 Å². The number of anilines is 1. The van der Waals surface area contributed by atoms with Crippen LogP contribution in [-0.2, 0) is 19.1 Å². The highest BCUT2D eigenvalue weighted by atomic mass is 16.5. The second-order valence-electron chi connectivity index (χ2n) is 6.09. The Morgan fingerprint density at radius 2 is 1.85 bits per heavy atom. The zero-order chi connectivity index (χ0) is 19.1. The van der Waals surface area contributed by atoms with Gasteiger partial charge in [-0.2, -0.15) is 5.26 Å². The van der Waals surface area contributed by atoms with Gasteiger partial charge in [0.05, 0.1) is 23.8 Å². The van der Waals surface area contributed by atoms with Crippen LogP contribution in [-0.4, -0.2) is 54.6 Å². The standard InChI is InChI=1S/C18H21N3O5/c1-12-9-21(10-13(2)26-12)17(23)11-25-18(24)14-3-5-15(6-4-14)20-16(22)7-8-19/h3-6,12-13H,7,9-11H2,1-2H3,(H,20,22)/t12-,13-/m1/s1. The number of benzene rings is 1. The number of nitrogens with zero attached hydrogens (tertiary/aromatic N) is 2. The molecular weight excluding hydrogens is 338 g/mol. The third kappa shape index (κ3) is 5.57. The minimum Gasteiger partial charge on any atom is -0.452 e. The minimum atomic E-state index is -0.623. The molecule has 1 fully saturated rings. The summed E-state index contributed by atoms with van der Waals surface area (Å²) in [4.78, 5) is 37.2. The second kappa shape index (κ2) is 8.97. The van der Waals surface area contributed by atoms with Gasteiger partial charge in [-0.25, -0.2) is 4.79 Å². The monoisotopic (exact) mass is 359 g/mol.